The quantitative estimate of drug-likeness (QED) is 0.548. The zero-order chi connectivity index (χ0) is 11.2. The van der Waals surface area contributed by atoms with Crippen molar-refractivity contribution in [3.63, 3.8) is 0 Å². The summed E-state index contributed by atoms with van der Waals surface area (Å²) < 4.78 is 5.17. The fourth-order valence-corrected chi connectivity index (χ4v) is 1.13. The Morgan fingerprint density at radius 3 is 2.36 bits per heavy atom. The van der Waals surface area contributed by atoms with Gasteiger partial charge in [0.05, 0.1) is 0 Å². The third kappa shape index (κ3) is 9.52. The van der Waals surface area contributed by atoms with Crippen molar-refractivity contribution in [2.45, 2.75) is 65.0 Å². The molecule has 0 aliphatic carbocycles. The van der Waals surface area contributed by atoms with Crippen LogP contribution in [-0.2, 0) is 9.53 Å². The van der Waals surface area contributed by atoms with Crippen molar-refractivity contribution in [1.29, 1.82) is 0 Å². The van der Waals surface area contributed by atoms with Crippen LogP contribution in [0.25, 0.3) is 0 Å². The van der Waals surface area contributed by atoms with E-state index >= 15 is 0 Å². The second-order valence-electron chi connectivity index (χ2n) is 4.81. The summed E-state index contributed by atoms with van der Waals surface area (Å²) in [6, 6.07) is 0.230. The number of nitrogens with two attached hydrogens (primary N) is 1. The van der Waals surface area contributed by atoms with E-state index in [0.29, 0.717) is 6.42 Å². The van der Waals surface area contributed by atoms with E-state index in [0.717, 1.165) is 19.3 Å². The van der Waals surface area contributed by atoms with Gasteiger partial charge in [0.2, 0.25) is 0 Å². The van der Waals surface area contributed by atoms with Gasteiger partial charge in [0.25, 0.3) is 0 Å². The molecule has 84 valence electrons. The maximum Gasteiger partial charge on any atom is 0.306 e. The van der Waals surface area contributed by atoms with Gasteiger partial charge < -0.3 is 10.5 Å². The third-order valence-electron chi connectivity index (χ3n) is 1.71. The number of hydrogen-bond acceptors (Lipinski definition) is 3. The highest BCUT2D eigenvalue weighted by molar-refractivity contribution is 5.69. The molecule has 0 bridgehead atoms. The van der Waals surface area contributed by atoms with Crippen molar-refractivity contribution in [2.75, 3.05) is 0 Å². The van der Waals surface area contributed by atoms with E-state index in [4.69, 9.17) is 10.5 Å². The van der Waals surface area contributed by atoms with Crippen LogP contribution >= 0.6 is 0 Å². The molecule has 0 aromatic rings. The van der Waals surface area contributed by atoms with Crippen LogP contribution in [0.15, 0.2) is 0 Å². The van der Waals surface area contributed by atoms with Gasteiger partial charge in [0, 0.05) is 12.5 Å². The summed E-state index contributed by atoms with van der Waals surface area (Å²) in [6.45, 7) is 7.63. The minimum atomic E-state index is -0.363. The maximum atomic E-state index is 11.2. The van der Waals surface area contributed by atoms with E-state index in [-0.39, 0.29) is 17.6 Å². The van der Waals surface area contributed by atoms with Gasteiger partial charge in [-0.3, -0.25) is 4.79 Å². The molecule has 2 N–H and O–H groups in total. The third-order valence-corrected chi connectivity index (χ3v) is 1.71. The standard InChI is InChI=1S/C11H23NO2/c1-9(12)7-5-6-8-10(13)14-11(2,3)4/h9H,5-8,12H2,1-4H3/t9-/m1/s1. The molecule has 0 aromatic carbocycles. The first kappa shape index (κ1) is 13.4. The smallest absolute Gasteiger partial charge is 0.306 e. The van der Waals surface area contributed by atoms with Crippen LogP contribution < -0.4 is 5.73 Å². The summed E-state index contributed by atoms with van der Waals surface area (Å²) in [6.07, 6.45) is 3.35. The molecule has 0 saturated heterocycles. The number of hydrogen-bond donors (Lipinski definition) is 1. The number of unbranched alkanes of at least 4 members (excludes halogenated alkanes) is 1. The van der Waals surface area contributed by atoms with Crippen LogP contribution in [-0.4, -0.2) is 17.6 Å². The van der Waals surface area contributed by atoms with Gasteiger partial charge in [-0.2, -0.15) is 0 Å². The average Bonchev–Trinajstić information content (AvgIpc) is 1.94. The number of rotatable bonds is 5. The monoisotopic (exact) mass is 201 g/mol. The molecule has 0 spiro atoms. The molecular weight excluding hydrogens is 178 g/mol. The van der Waals surface area contributed by atoms with Crippen LogP contribution in [0.4, 0.5) is 0 Å². The fraction of sp³-hybridized carbons (Fsp3) is 0.909. The summed E-state index contributed by atoms with van der Waals surface area (Å²) in [5, 5.41) is 0. The van der Waals surface area contributed by atoms with E-state index in [1.54, 1.807) is 0 Å². The summed E-state index contributed by atoms with van der Waals surface area (Å²) in [5.41, 5.74) is 5.23. The summed E-state index contributed by atoms with van der Waals surface area (Å²) in [4.78, 5) is 11.2. The Morgan fingerprint density at radius 2 is 1.93 bits per heavy atom. The van der Waals surface area contributed by atoms with E-state index in [9.17, 15) is 4.79 Å². The Kier molecular flexibility index (Phi) is 5.77. The van der Waals surface area contributed by atoms with E-state index in [1.165, 1.54) is 0 Å². The lowest BCUT2D eigenvalue weighted by Gasteiger charge is -2.19. The average molecular weight is 201 g/mol. The van der Waals surface area contributed by atoms with Gasteiger partial charge in [-0.25, -0.2) is 0 Å². The Labute approximate surface area is 87.0 Å². The minimum absolute atomic E-state index is 0.109. The SMILES string of the molecule is C[C@@H](N)CCCCC(=O)OC(C)(C)C. The lowest BCUT2D eigenvalue weighted by Crippen LogP contribution is -2.23. The molecule has 0 amide bonds. The lowest BCUT2D eigenvalue weighted by atomic mass is 10.1. The number of ether oxygens (including phenoxy) is 1. The zero-order valence-corrected chi connectivity index (χ0v) is 9.80. The minimum Gasteiger partial charge on any atom is -0.460 e. The number of carbonyl (C=O) groups excluding carboxylic acids is 1. The molecule has 0 rings (SSSR count). The van der Waals surface area contributed by atoms with Crippen molar-refractivity contribution in [3.8, 4) is 0 Å². The molecule has 3 nitrogen and oxygen atoms in total. The van der Waals surface area contributed by atoms with Gasteiger partial charge in [-0.05, 0) is 40.5 Å². The predicted molar refractivity (Wildman–Crippen MR) is 58.0 cm³/mol. The van der Waals surface area contributed by atoms with Crippen molar-refractivity contribution in [1.82, 2.24) is 0 Å². The first-order valence-corrected chi connectivity index (χ1v) is 5.28. The highest BCUT2D eigenvalue weighted by Gasteiger charge is 2.15. The molecule has 3 heteroatoms. The van der Waals surface area contributed by atoms with Gasteiger partial charge in [-0.15, -0.1) is 0 Å². The van der Waals surface area contributed by atoms with Crippen LogP contribution in [0.2, 0.25) is 0 Å². The molecule has 14 heavy (non-hydrogen) atoms. The van der Waals surface area contributed by atoms with Gasteiger partial charge >= 0.3 is 5.97 Å². The van der Waals surface area contributed by atoms with Crippen molar-refractivity contribution >= 4 is 5.97 Å². The molecule has 0 saturated carbocycles. The Hall–Kier alpha value is -0.570. The highest BCUT2D eigenvalue weighted by atomic mass is 16.6. The second-order valence-corrected chi connectivity index (χ2v) is 4.81. The van der Waals surface area contributed by atoms with E-state index in [2.05, 4.69) is 0 Å². The Bertz CT molecular complexity index is 171. The van der Waals surface area contributed by atoms with Gasteiger partial charge in [0.15, 0.2) is 0 Å². The lowest BCUT2D eigenvalue weighted by molar-refractivity contribution is -0.154. The Balaban J connectivity index is 3.46. The van der Waals surface area contributed by atoms with Crippen molar-refractivity contribution < 1.29 is 9.53 Å². The molecule has 0 aliphatic heterocycles. The van der Waals surface area contributed by atoms with E-state index in [1.807, 2.05) is 27.7 Å². The van der Waals surface area contributed by atoms with Crippen LogP contribution in [0.1, 0.15) is 53.4 Å². The molecule has 0 radical (unpaired) electrons. The largest absolute Gasteiger partial charge is 0.460 e. The van der Waals surface area contributed by atoms with Crippen molar-refractivity contribution in [2.24, 2.45) is 5.73 Å². The molecule has 0 fully saturated rings. The molecule has 0 aromatic heterocycles. The molecular formula is C11H23NO2. The maximum absolute atomic E-state index is 11.2. The summed E-state index contributed by atoms with van der Waals surface area (Å²) in [5.74, 6) is -0.109. The first-order valence-electron chi connectivity index (χ1n) is 5.28. The summed E-state index contributed by atoms with van der Waals surface area (Å²) >= 11 is 0. The van der Waals surface area contributed by atoms with Crippen LogP contribution in [0.3, 0.4) is 0 Å². The predicted octanol–water partition coefficient (Wildman–Crippen LogP) is 2.24. The molecule has 0 aliphatic rings. The normalized spacial score (nSPS) is 13.8. The highest BCUT2D eigenvalue weighted by Crippen LogP contribution is 2.10. The summed E-state index contributed by atoms with van der Waals surface area (Å²) in [7, 11) is 0. The van der Waals surface area contributed by atoms with Crippen molar-refractivity contribution in [3.05, 3.63) is 0 Å². The number of esters is 1. The molecule has 1 atom stereocenters. The number of carbonyl (C=O) groups is 1. The Morgan fingerprint density at radius 1 is 1.36 bits per heavy atom. The van der Waals surface area contributed by atoms with Crippen LogP contribution in [0, 0.1) is 0 Å². The van der Waals surface area contributed by atoms with Crippen LogP contribution in [0.5, 0.6) is 0 Å². The topological polar surface area (TPSA) is 52.3 Å². The first-order chi connectivity index (χ1) is 6.31. The molecule has 0 heterocycles. The van der Waals surface area contributed by atoms with Gasteiger partial charge in [-0.1, -0.05) is 6.42 Å². The molecule has 0 unspecified atom stereocenters. The fourth-order valence-electron chi connectivity index (χ4n) is 1.13. The second kappa shape index (κ2) is 6.02. The van der Waals surface area contributed by atoms with Gasteiger partial charge in [0.1, 0.15) is 5.60 Å². The van der Waals surface area contributed by atoms with E-state index < -0.39 is 0 Å². The zero-order valence-electron chi connectivity index (χ0n) is 9.80.